The number of likely N-dealkylation sites (tertiary alicyclic amines) is 1. The maximum Gasteiger partial charge on any atom is 0.341 e. The molecular formula is C22H25NO4. The van der Waals surface area contributed by atoms with E-state index < -0.39 is 5.97 Å². The van der Waals surface area contributed by atoms with Gasteiger partial charge in [0.1, 0.15) is 5.75 Å². The van der Waals surface area contributed by atoms with Crippen LogP contribution in [0.2, 0.25) is 0 Å². The molecule has 2 N–H and O–H groups in total. The lowest BCUT2D eigenvalue weighted by atomic mass is 9.72. The number of hydrogen-bond acceptors (Lipinski definition) is 4. The van der Waals surface area contributed by atoms with Gasteiger partial charge in [0.2, 0.25) is 0 Å². The van der Waals surface area contributed by atoms with Gasteiger partial charge in [-0.3, -0.25) is 4.90 Å². The standard InChI is InChI=1S/C22H25NO4/c24-20-13-16-5-1-3-7-18(16)22(20)9-11-23(12-10-22)14-17-6-2-4-8-19(17)27-15-21(25)26/h1-8,20,24H,9-15H2,(H,25,26)/t20-/m0/s1. The molecule has 1 heterocycles. The number of aliphatic carboxylic acids is 1. The molecular weight excluding hydrogens is 342 g/mol. The van der Waals surface area contributed by atoms with Crippen LogP contribution in [-0.4, -0.2) is 46.9 Å². The van der Waals surface area contributed by atoms with E-state index in [1.54, 1.807) is 0 Å². The molecule has 4 rings (SSSR count). The number of fused-ring (bicyclic) bond motifs is 2. The molecule has 27 heavy (non-hydrogen) atoms. The van der Waals surface area contributed by atoms with E-state index in [0.717, 1.165) is 44.5 Å². The minimum absolute atomic E-state index is 0.119. The molecule has 1 aliphatic heterocycles. The fourth-order valence-corrected chi connectivity index (χ4v) is 4.64. The second-order valence-electron chi connectivity index (χ2n) is 7.60. The zero-order valence-corrected chi connectivity index (χ0v) is 15.3. The second-order valence-corrected chi connectivity index (χ2v) is 7.60. The molecule has 1 atom stereocenters. The molecule has 2 aromatic rings. The first-order chi connectivity index (χ1) is 13.1. The number of piperidine rings is 1. The summed E-state index contributed by atoms with van der Waals surface area (Å²) in [6, 6.07) is 16.0. The monoisotopic (exact) mass is 367 g/mol. The maximum atomic E-state index is 10.8. The summed E-state index contributed by atoms with van der Waals surface area (Å²) in [4.78, 5) is 13.2. The van der Waals surface area contributed by atoms with Gasteiger partial charge in [0.15, 0.2) is 6.61 Å². The topological polar surface area (TPSA) is 70.0 Å². The van der Waals surface area contributed by atoms with Crippen molar-refractivity contribution < 1.29 is 19.7 Å². The van der Waals surface area contributed by atoms with E-state index in [9.17, 15) is 9.90 Å². The predicted octanol–water partition coefficient (Wildman–Crippen LogP) is 2.60. The Bertz CT molecular complexity index is 827. The van der Waals surface area contributed by atoms with Crippen molar-refractivity contribution >= 4 is 5.97 Å². The molecule has 0 radical (unpaired) electrons. The lowest BCUT2D eigenvalue weighted by molar-refractivity contribution is -0.139. The third-order valence-electron chi connectivity index (χ3n) is 6.07. The first-order valence-electron chi connectivity index (χ1n) is 9.50. The number of aliphatic hydroxyl groups excluding tert-OH is 1. The molecule has 1 aliphatic carbocycles. The average molecular weight is 367 g/mol. The van der Waals surface area contributed by atoms with Crippen LogP contribution in [0, 0.1) is 0 Å². The molecule has 0 aromatic heterocycles. The predicted molar refractivity (Wildman–Crippen MR) is 102 cm³/mol. The summed E-state index contributed by atoms with van der Waals surface area (Å²) in [5.74, 6) is -0.343. The Morgan fingerprint density at radius 1 is 1.11 bits per heavy atom. The van der Waals surface area contributed by atoms with Gasteiger partial charge in [-0.15, -0.1) is 0 Å². The fraction of sp³-hybridized carbons (Fsp3) is 0.409. The van der Waals surface area contributed by atoms with Crippen molar-refractivity contribution in [3.63, 3.8) is 0 Å². The Labute approximate surface area is 159 Å². The third kappa shape index (κ3) is 3.45. The number of para-hydroxylation sites is 1. The van der Waals surface area contributed by atoms with Crippen LogP contribution in [0.1, 0.15) is 29.5 Å². The summed E-state index contributed by atoms with van der Waals surface area (Å²) in [6.45, 7) is 2.20. The smallest absolute Gasteiger partial charge is 0.341 e. The molecule has 0 saturated carbocycles. The van der Waals surface area contributed by atoms with E-state index in [1.807, 2.05) is 30.3 Å². The highest BCUT2D eigenvalue weighted by Gasteiger charge is 2.47. The second kappa shape index (κ2) is 7.33. The maximum absolute atomic E-state index is 10.8. The van der Waals surface area contributed by atoms with Crippen LogP contribution in [0.3, 0.4) is 0 Å². The SMILES string of the molecule is O=C(O)COc1ccccc1CN1CCC2(CC1)c1ccccc1C[C@@H]2O. The quantitative estimate of drug-likeness (QED) is 0.850. The normalized spacial score (nSPS) is 21.1. The summed E-state index contributed by atoms with van der Waals surface area (Å²) in [5.41, 5.74) is 3.49. The summed E-state index contributed by atoms with van der Waals surface area (Å²) in [6.07, 6.45) is 2.32. The Kier molecular flexibility index (Phi) is 4.89. The molecule has 1 saturated heterocycles. The molecule has 0 amide bonds. The fourth-order valence-electron chi connectivity index (χ4n) is 4.64. The largest absolute Gasteiger partial charge is 0.482 e. The number of rotatable bonds is 5. The van der Waals surface area contributed by atoms with E-state index in [2.05, 4.69) is 23.1 Å². The highest BCUT2D eigenvalue weighted by Crippen LogP contribution is 2.46. The van der Waals surface area contributed by atoms with Crippen molar-refractivity contribution in [3.05, 3.63) is 65.2 Å². The van der Waals surface area contributed by atoms with Crippen LogP contribution in [0.4, 0.5) is 0 Å². The molecule has 2 aliphatic rings. The molecule has 2 aromatic carbocycles. The van der Waals surface area contributed by atoms with Gasteiger partial charge in [0.05, 0.1) is 6.10 Å². The van der Waals surface area contributed by atoms with Crippen LogP contribution in [0.15, 0.2) is 48.5 Å². The first-order valence-corrected chi connectivity index (χ1v) is 9.50. The molecule has 1 fully saturated rings. The number of aliphatic hydroxyl groups is 1. The molecule has 0 bridgehead atoms. The Morgan fingerprint density at radius 2 is 1.81 bits per heavy atom. The lowest BCUT2D eigenvalue weighted by Crippen LogP contribution is -2.47. The highest BCUT2D eigenvalue weighted by atomic mass is 16.5. The summed E-state index contributed by atoms with van der Waals surface area (Å²) in [5, 5.41) is 19.6. The van der Waals surface area contributed by atoms with E-state index in [-0.39, 0.29) is 18.1 Å². The van der Waals surface area contributed by atoms with Crippen molar-refractivity contribution in [1.29, 1.82) is 0 Å². The van der Waals surface area contributed by atoms with E-state index in [1.165, 1.54) is 11.1 Å². The van der Waals surface area contributed by atoms with Gasteiger partial charge in [-0.1, -0.05) is 42.5 Å². The summed E-state index contributed by atoms with van der Waals surface area (Å²) in [7, 11) is 0. The van der Waals surface area contributed by atoms with Gasteiger partial charge in [0, 0.05) is 17.5 Å². The minimum atomic E-state index is -0.974. The van der Waals surface area contributed by atoms with Crippen molar-refractivity contribution in [3.8, 4) is 5.75 Å². The molecule has 0 unspecified atom stereocenters. The summed E-state index contributed by atoms with van der Waals surface area (Å²) >= 11 is 0. The van der Waals surface area contributed by atoms with Gasteiger partial charge in [-0.25, -0.2) is 4.79 Å². The lowest BCUT2D eigenvalue weighted by Gasteiger charge is -2.42. The van der Waals surface area contributed by atoms with Crippen LogP contribution < -0.4 is 4.74 Å². The zero-order chi connectivity index (χ0) is 18.9. The van der Waals surface area contributed by atoms with E-state index in [4.69, 9.17) is 9.84 Å². The van der Waals surface area contributed by atoms with E-state index in [0.29, 0.717) is 5.75 Å². The van der Waals surface area contributed by atoms with Gasteiger partial charge >= 0.3 is 5.97 Å². The van der Waals surface area contributed by atoms with Crippen molar-refractivity contribution in [2.24, 2.45) is 0 Å². The number of carbonyl (C=O) groups is 1. The highest BCUT2D eigenvalue weighted by molar-refractivity contribution is 5.68. The number of benzene rings is 2. The number of carboxylic acid groups (broad SMARTS) is 1. The van der Waals surface area contributed by atoms with Gasteiger partial charge < -0.3 is 14.9 Å². The Morgan fingerprint density at radius 3 is 2.59 bits per heavy atom. The summed E-state index contributed by atoms with van der Waals surface area (Å²) < 4.78 is 5.43. The molecule has 5 heteroatoms. The minimum Gasteiger partial charge on any atom is -0.482 e. The van der Waals surface area contributed by atoms with Gasteiger partial charge in [-0.05, 0) is 49.5 Å². The third-order valence-corrected chi connectivity index (χ3v) is 6.07. The first kappa shape index (κ1) is 18.0. The number of nitrogens with zero attached hydrogens (tertiary/aromatic N) is 1. The molecule has 5 nitrogen and oxygen atoms in total. The molecule has 142 valence electrons. The van der Waals surface area contributed by atoms with Crippen LogP contribution in [0.5, 0.6) is 5.75 Å². The molecule has 1 spiro atoms. The van der Waals surface area contributed by atoms with Gasteiger partial charge in [0.25, 0.3) is 0 Å². The van der Waals surface area contributed by atoms with Crippen LogP contribution in [0.25, 0.3) is 0 Å². The van der Waals surface area contributed by atoms with Gasteiger partial charge in [-0.2, -0.15) is 0 Å². The van der Waals surface area contributed by atoms with Crippen molar-refractivity contribution in [2.45, 2.75) is 37.3 Å². The van der Waals surface area contributed by atoms with Crippen molar-refractivity contribution in [2.75, 3.05) is 19.7 Å². The Hall–Kier alpha value is -2.37. The van der Waals surface area contributed by atoms with Crippen molar-refractivity contribution in [1.82, 2.24) is 4.90 Å². The number of carboxylic acids is 1. The van der Waals surface area contributed by atoms with Crippen LogP contribution in [-0.2, 0) is 23.2 Å². The average Bonchev–Trinajstić information content (AvgIpc) is 2.94. The van der Waals surface area contributed by atoms with Crippen LogP contribution >= 0.6 is 0 Å². The number of hydrogen-bond donors (Lipinski definition) is 2. The van der Waals surface area contributed by atoms with E-state index >= 15 is 0 Å². The Balaban J connectivity index is 1.45. The number of ether oxygens (including phenoxy) is 1. The zero-order valence-electron chi connectivity index (χ0n) is 15.3.